The van der Waals surface area contributed by atoms with Crippen molar-refractivity contribution < 1.29 is 0 Å². The summed E-state index contributed by atoms with van der Waals surface area (Å²) in [6.45, 7) is 4.59. The largest absolute Gasteiger partial charge is 0.318 e. The molecule has 0 radical (unpaired) electrons. The lowest BCUT2D eigenvalue weighted by molar-refractivity contribution is 0.273. The zero-order chi connectivity index (χ0) is 12.1. The van der Waals surface area contributed by atoms with E-state index >= 15 is 0 Å². The fourth-order valence-corrected chi connectivity index (χ4v) is 4.47. The Morgan fingerprint density at radius 3 is 3.00 bits per heavy atom. The summed E-state index contributed by atoms with van der Waals surface area (Å²) in [5.74, 6) is 0. The zero-order valence-corrected chi connectivity index (χ0v) is 11.2. The van der Waals surface area contributed by atoms with Crippen LogP contribution in [-0.4, -0.2) is 21.3 Å². The lowest BCUT2D eigenvalue weighted by Gasteiger charge is -2.20. The number of hydrogen-bond acceptors (Lipinski definition) is 2. The Morgan fingerprint density at radius 1 is 1.17 bits per heavy atom. The van der Waals surface area contributed by atoms with Crippen molar-refractivity contribution in [3.8, 4) is 5.69 Å². The molecule has 1 saturated heterocycles. The summed E-state index contributed by atoms with van der Waals surface area (Å²) in [7, 11) is 0. The van der Waals surface area contributed by atoms with Crippen molar-refractivity contribution in [1.29, 1.82) is 0 Å². The molecule has 0 unspecified atom stereocenters. The van der Waals surface area contributed by atoms with Crippen LogP contribution in [0, 0.1) is 0 Å². The predicted molar refractivity (Wildman–Crippen MR) is 76.0 cm³/mol. The molecular formula is C15H16N2S. The van der Waals surface area contributed by atoms with E-state index in [2.05, 4.69) is 70.7 Å². The van der Waals surface area contributed by atoms with Crippen molar-refractivity contribution in [3.63, 3.8) is 0 Å². The molecular weight excluding hydrogens is 240 g/mol. The SMILES string of the molecule is C[C@@H]1CN2Cc3ccccc3-n3cccc3[C@H]2S1. The Morgan fingerprint density at radius 2 is 2.06 bits per heavy atom. The van der Waals surface area contributed by atoms with Gasteiger partial charge < -0.3 is 4.57 Å². The van der Waals surface area contributed by atoms with Gasteiger partial charge in [-0.15, -0.1) is 11.8 Å². The minimum absolute atomic E-state index is 0.516. The Kier molecular flexibility index (Phi) is 2.32. The quantitative estimate of drug-likeness (QED) is 0.713. The second kappa shape index (κ2) is 3.90. The Labute approximate surface area is 112 Å². The van der Waals surface area contributed by atoms with Crippen LogP contribution in [0.4, 0.5) is 0 Å². The number of hydrogen-bond donors (Lipinski definition) is 0. The maximum absolute atomic E-state index is 2.60. The smallest absolute Gasteiger partial charge is 0.0976 e. The Hall–Kier alpha value is -1.19. The third-order valence-corrected chi connectivity index (χ3v) is 5.25. The first-order valence-electron chi connectivity index (χ1n) is 6.48. The summed E-state index contributed by atoms with van der Waals surface area (Å²) in [5.41, 5.74) is 4.21. The number of aromatic nitrogens is 1. The molecule has 2 aliphatic heterocycles. The molecule has 3 heteroatoms. The third-order valence-electron chi connectivity index (χ3n) is 3.84. The molecule has 2 nitrogen and oxygen atoms in total. The zero-order valence-electron chi connectivity index (χ0n) is 10.4. The fraction of sp³-hybridized carbons (Fsp3) is 0.333. The van der Waals surface area contributed by atoms with Gasteiger partial charge in [-0.2, -0.15) is 0 Å². The van der Waals surface area contributed by atoms with Gasteiger partial charge in [-0.1, -0.05) is 25.1 Å². The van der Waals surface area contributed by atoms with Crippen LogP contribution in [0.25, 0.3) is 5.69 Å². The number of fused-ring (bicyclic) bond motifs is 5. The molecule has 1 fully saturated rings. The molecule has 0 spiro atoms. The lowest BCUT2D eigenvalue weighted by Crippen LogP contribution is -2.22. The molecule has 2 aromatic rings. The molecule has 0 saturated carbocycles. The maximum Gasteiger partial charge on any atom is 0.0976 e. The number of rotatable bonds is 0. The van der Waals surface area contributed by atoms with Gasteiger partial charge in [0, 0.05) is 30.2 Å². The van der Waals surface area contributed by atoms with E-state index in [1.165, 1.54) is 23.5 Å². The predicted octanol–water partition coefficient (Wildman–Crippen LogP) is 3.43. The maximum atomic E-state index is 2.60. The number of thioether (sulfide) groups is 1. The molecule has 18 heavy (non-hydrogen) atoms. The summed E-state index contributed by atoms with van der Waals surface area (Å²) in [4.78, 5) is 2.60. The number of para-hydroxylation sites is 1. The van der Waals surface area contributed by atoms with Gasteiger partial charge in [0.1, 0.15) is 0 Å². The normalized spacial score (nSPS) is 26.3. The average molecular weight is 256 g/mol. The van der Waals surface area contributed by atoms with E-state index in [1.54, 1.807) is 0 Å². The minimum Gasteiger partial charge on any atom is -0.318 e. The minimum atomic E-state index is 0.516. The number of benzene rings is 1. The van der Waals surface area contributed by atoms with Crippen LogP contribution in [0.5, 0.6) is 0 Å². The highest BCUT2D eigenvalue weighted by molar-refractivity contribution is 8.00. The monoisotopic (exact) mass is 256 g/mol. The van der Waals surface area contributed by atoms with Gasteiger partial charge in [-0.05, 0) is 23.8 Å². The molecule has 0 amide bonds. The van der Waals surface area contributed by atoms with E-state index in [-0.39, 0.29) is 0 Å². The van der Waals surface area contributed by atoms with Gasteiger partial charge in [-0.25, -0.2) is 0 Å². The lowest BCUT2D eigenvalue weighted by atomic mass is 10.1. The summed E-state index contributed by atoms with van der Waals surface area (Å²) in [5, 5.41) is 1.24. The second-order valence-electron chi connectivity index (χ2n) is 5.16. The van der Waals surface area contributed by atoms with Crippen molar-refractivity contribution in [2.24, 2.45) is 0 Å². The van der Waals surface area contributed by atoms with E-state index in [0.29, 0.717) is 5.37 Å². The summed E-state index contributed by atoms with van der Waals surface area (Å²) in [6, 6.07) is 13.2. The van der Waals surface area contributed by atoms with Crippen molar-refractivity contribution in [2.75, 3.05) is 6.54 Å². The molecule has 0 bridgehead atoms. The van der Waals surface area contributed by atoms with Crippen LogP contribution in [0.1, 0.15) is 23.6 Å². The molecule has 4 rings (SSSR count). The summed E-state index contributed by atoms with van der Waals surface area (Å²) < 4.78 is 2.37. The molecule has 92 valence electrons. The van der Waals surface area contributed by atoms with Gasteiger partial charge in [0.2, 0.25) is 0 Å². The van der Waals surface area contributed by atoms with E-state index in [4.69, 9.17) is 0 Å². The highest BCUT2D eigenvalue weighted by atomic mass is 32.2. The topological polar surface area (TPSA) is 8.17 Å². The van der Waals surface area contributed by atoms with Gasteiger partial charge in [0.15, 0.2) is 0 Å². The van der Waals surface area contributed by atoms with E-state index < -0.39 is 0 Å². The van der Waals surface area contributed by atoms with Crippen molar-refractivity contribution >= 4 is 11.8 Å². The summed E-state index contributed by atoms with van der Waals surface area (Å²) in [6.07, 6.45) is 2.20. The van der Waals surface area contributed by atoms with E-state index in [1.807, 2.05) is 0 Å². The molecule has 1 aromatic carbocycles. The van der Waals surface area contributed by atoms with Gasteiger partial charge in [0.05, 0.1) is 11.1 Å². The molecule has 1 aromatic heterocycles. The van der Waals surface area contributed by atoms with E-state index in [0.717, 1.165) is 11.8 Å². The fourth-order valence-electron chi connectivity index (χ4n) is 3.09. The Bertz CT molecular complexity index is 590. The molecule has 2 aliphatic rings. The van der Waals surface area contributed by atoms with E-state index in [9.17, 15) is 0 Å². The highest BCUT2D eigenvalue weighted by Gasteiger charge is 2.35. The third kappa shape index (κ3) is 1.47. The van der Waals surface area contributed by atoms with Crippen molar-refractivity contribution in [2.45, 2.75) is 24.1 Å². The van der Waals surface area contributed by atoms with Crippen molar-refractivity contribution in [3.05, 3.63) is 53.9 Å². The van der Waals surface area contributed by atoms with Crippen molar-refractivity contribution in [1.82, 2.24) is 9.47 Å². The molecule has 0 N–H and O–H groups in total. The average Bonchev–Trinajstić information content (AvgIpc) is 2.94. The van der Waals surface area contributed by atoms with Crippen LogP contribution in [0.15, 0.2) is 42.6 Å². The molecule has 0 aliphatic carbocycles. The van der Waals surface area contributed by atoms with Gasteiger partial charge >= 0.3 is 0 Å². The number of nitrogens with zero attached hydrogens (tertiary/aromatic N) is 2. The molecule has 2 atom stereocenters. The van der Waals surface area contributed by atoms with Crippen LogP contribution < -0.4 is 0 Å². The Balaban J connectivity index is 1.93. The standard InChI is InChI=1S/C15H16N2S/c1-11-9-16-10-12-5-2-3-6-13(12)17-8-4-7-14(17)15(16)18-11/h2-8,11,15H,9-10H2,1H3/t11-,15-/m1/s1. The van der Waals surface area contributed by atoms with Gasteiger partial charge in [0.25, 0.3) is 0 Å². The van der Waals surface area contributed by atoms with Crippen LogP contribution in [0.2, 0.25) is 0 Å². The second-order valence-corrected chi connectivity index (χ2v) is 6.68. The van der Waals surface area contributed by atoms with Gasteiger partial charge in [-0.3, -0.25) is 4.90 Å². The first-order valence-corrected chi connectivity index (χ1v) is 7.42. The summed E-state index contributed by atoms with van der Waals surface area (Å²) >= 11 is 2.09. The van der Waals surface area contributed by atoms with Crippen LogP contribution >= 0.6 is 11.8 Å². The molecule has 3 heterocycles. The van der Waals surface area contributed by atoms with Crippen LogP contribution in [-0.2, 0) is 6.54 Å². The first kappa shape index (κ1) is 10.7. The van der Waals surface area contributed by atoms with Crippen LogP contribution in [0.3, 0.4) is 0 Å². The first-order chi connectivity index (χ1) is 8.83. The highest BCUT2D eigenvalue weighted by Crippen LogP contribution is 2.45.